The van der Waals surface area contributed by atoms with Crippen LogP contribution in [-0.2, 0) is 44.6 Å². The molecule has 1 N–H and O–H groups in total. The van der Waals surface area contributed by atoms with Crippen LogP contribution in [0.4, 0.5) is 4.79 Å². The summed E-state index contributed by atoms with van der Waals surface area (Å²) in [6, 6.07) is 2.70. The third kappa shape index (κ3) is 8.72. The van der Waals surface area contributed by atoms with E-state index in [1.54, 1.807) is 41.5 Å². The molecule has 0 aromatic carbocycles. The van der Waals surface area contributed by atoms with Gasteiger partial charge in [0, 0.05) is 37.5 Å². The Morgan fingerprint density at radius 2 is 1.77 bits per heavy atom. The normalized spacial score (nSPS) is 37.7. The summed E-state index contributed by atoms with van der Waals surface area (Å²) in [6.07, 6.45) is -3.77. The van der Waals surface area contributed by atoms with Gasteiger partial charge in [0.2, 0.25) is 5.82 Å². The van der Waals surface area contributed by atoms with Crippen LogP contribution in [0.15, 0.2) is 17.5 Å². The minimum Gasteiger partial charge on any atom is -0.458 e. The molecule has 2 aromatic rings. The molecule has 0 radical (unpaired) electrons. The fourth-order valence-corrected chi connectivity index (χ4v) is 9.58. The van der Waals surface area contributed by atoms with E-state index in [2.05, 4.69) is 15.4 Å². The number of aromatic nitrogens is 4. The van der Waals surface area contributed by atoms with Crippen LogP contribution in [0.1, 0.15) is 81.1 Å². The summed E-state index contributed by atoms with van der Waals surface area (Å²) < 4.78 is 31.1. The number of hydrogen-bond acceptors (Lipinski definition) is 15. The zero-order chi connectivity index (χ0) is 41.3. The summed E-state index contributed by atoms with van der Waals surface area (Å²) in [6.45, 7) is 14.4. The molecule has 0 saturated carbocycles. The van der Waals surface area contributed by atoms with E-state index in [-0.39, 0.29) is 37.3 Å². The summed E-state index contributed by atoms with van der Waals surface area (Å²) in [7, 11) is 5.22. The number of nitrogens with zero attached hydrogens (tertiary/aromatic N) is 6. The van der Waals surface area contributed by atoms with Crippen molar-refractivity contribution in [3.05, 3.63) is 17.5 Å². The van der Waals surface area contributed by atoms with Crippen LogP contribution in [0.5, 0.6) is 0 Å². The Hall–Kier alpha value is -3.35. The van der Waals surface area contributed by atoms with E-state index < -0.39 is 83.4 Å². The van der Waals surface area contributed by atoms with Crippen LogP contribution in [0, 0.1) is 23.7 Å². The van der Waals surface area contributed by atoms with Gasteiger partial charge in [-0.05, 0) is 84.1 Å². The first-order chi connectivity index (χ1) is 26.4. The molecule has 5 heterocycles. The second-order valence-corrected chi connectivity index (χ2v) is 17.4. The Morgan fingerprint density at radius 3 is 2.39 bits per heavy atom. The molecule has 16 nitrogen and oxygen atoms in total. The molecule has 0 aliphatic carbocycles. The van der Waals surface area contributed by atoms with Gasteiger partial charge in [-0.25, -0.2) is 4.79 Å². The lowest BCUT2D eigenvalue weighted by Crippen LogP contribution is -2.60. The van der Waals surface area contributed by atoms with Gasteiger partial charge >= 0.3 is 12.1 Å². The van der Waals surface area contributed by atoms with Crippen LogP contribution < -0.4 is 0 Å². The van der Waals surface area contributed by atoms with E-state index in [0.717, 1.165) is 4.88 Å². The lowest BCUT2D eigenvalue weighted by Gasteiger charge is -2.47. The molecule has 3 aliphatic heterocycles. The minimum atomic E-state index is -1.43. The quantitative estimate of drug-likeness (QED) is 0.269. The highest BCUT2D eigenvalue weighted by Gasteiger charge is 2.60. The molecule has 17 heteroatoms. The number of carbonyl (C=O) groups is 4. The Bertz CT molecular complexity index is 1690. The summed E-state index contributed by atoms with van der Waals surface area (Å²) in [5, 5.41) is 26.2. The van der Waals surface area contributed by atoms with E-state index in [4.69, 9.17) is 23.7 Å². The number of cyclic esters (lactones) is 1. The number of tetrazole rings is 1. The molecular weight excluding hydrogens is 745 g/mol. The van der Waals surface area contributed by atoms with Gasteiger partial charge in [-0.15, -0.1) is 21.5 Å². The average molecular weight is 805 g/mol. The Morgan fingerprint density at radius 1 is 1.05 bits per heavy atom. The first-order valence-corrected chi connectivity index (χ1v) is 20.5. The number of hydrogen-bond donors (Lipinski definition) is 1. The molecule has 0 unspecified atom stereocenters. The maximum atomic E-state index is 14.7. The molecular formula is C39H60N6O10S. The van der Waals surface area contributed by atoms with Crippen molar-refractivity contribution in [2.75, 3.05) is 27.7 Å². The summed E-state index contributed by atoms with van der Waals surface area (Å²) in [4.78, 5) is 62.5. The predicted molar refractivity (Wildman–Crippen MR) is 205 cm³/mol. The SMILES string of the molecule is CC[C@H]1OC(=O)[C@H](C)C(=O)[C@H](C)[C@@H](O[C@@H]2O[C@H](C)C[C@H](N(C)C)[C@H]2O)[C@](C)(OC)C[C@@H](C)C(=O)[C@H](C)[C@H]2N(CCCn3nnc(-c4cccs4)n3)C(=O)O[C@]12C. The number of aliphatic hydroxyl groups excluding tert-OH is 1. The number of ketones is 2. The largest absolute Gasteiger partial charge is 0.458 e. The highest BCUT2D eigenvalue weighted by Crippen LogP contribution is 2.43. The zero-order valence-corrected chi connectivity index (χ0v) is 35.4. The van der Waals surface area contributed by atoms with Gasteiger partial charge < -0.3 is 38.6 Å². The number of rotatable bonds is 10. The maximum Gasteiger partial charge on any atom is 0.410 e. The molecule has 2 aromatic heterocycles. The van der Waals surface area contributed by atoms with E-state index in [0.29, 0.717) is 25.2 Å². The lowest BCUT2D eigenvalue weighted by molar-refractivity contribution is -0.295. The minimum absolute atomic E-state index is 0.114. The standard InChI is InChI=1S/C39H60N6O10S/c1-12-28-39(8)32(44(37(50)55-39)16-14-17-45-41-34(40-42-45)27-15-13-18-56-27)23(4)29(46)21(2)20-38(7,51-11)33(24(5)30(47)25(6)35(49)53-28)54-36-31(48)26(43(9)10)19-22(3)52-36/h13,15,18,21-26,28,31-33,36,48H,12,14,16-17,19-20H2,1-11H3/t21-,22-,23+,24+,25-,26+,28-,31-,32-,33-,36+,38-,39-/m1/s1. The number of methoxy groups -OCH3 is 1. The maximum absolute atomic E-state index is 14.7. The Labute approximate surface area is 333 Å². The molecule has 13 atom stereocenters. The Balaban J connectivity index is 1.47. The van der Waals surface area contributed by atoms with Crippen LogP contribution in [0.2, 0.25) is 0 Å². The average Bonchev–Trinajstić information content (AvgIpc) is 3.92. The fraction of sp³-hybridized carbons (Fsp3) is 0.769. The molecule has 1 amide bonds. The highest BCUT2D eigenvalue weighted by molar-refractivity contribution is 7.13. The van der Waals surface area contributed by atoms with Crippen molar-refractivity contribution in [3.8, 4) is 10.7 Å². The van der Waals surface area contributed by atoms with Gasteiger partial charge in [-0.1, -0.05) is 33.8 Å². The monoisotopic (exact) mass is 804 g/mol. The number of amides is 1. The van der Waals surface area contributed by atoms with Crippen molar-refractivity contribution in [2.24, 2.45) is 23.7 Å². The summed E-state index contributed by atoms with van der Waals surface area (Å²) in [5.41, 5.74) is -2.71. The van der Waals surface area contributed by atoms with E-state index in [9.17, 15) is 24.3 Å². The Kier molecular flexibility index (Phi) is 13.8. The number of likely N-dealkylation sites (N-methyl/N-ethyl adjacent to an activating group) is 1. The molecule has 0 bridgehead atoms. The number of thiophene rings is 1. The van der Waals surface area contributed by atoms with Crippen molar-refractivity contribution in [3.63, 3.8) is 0 Å². The van der Waals surface area contributed by atoms with Crippen LogP contribution in [0.3, 0.4) is 0 Å². The summed E-state index contributed by atoms with van der Waals surface area (Å²) in [5.74, 6) is -4.57. The molecule has 56 heavy (non-hydrogen) atoms. The van der Waals surface area contributed by atoms with Crippen molar-refractivity contribution >= 4 is 35.0 Å². The number of fused-ring (bicyclic) bond motifs is 1. The van der Waals surface area contributed by atoms with Crippen LogP contribution in [-0.4, -0.2) is 140 Å². The van der Waals surface area contributed by atoms with E-state index in [1.165, 1.54) is 35.1 Å². The van der Waals surface area contributed by atoms with Crippen molar-refractivity contribution < 1.29 is 48.0 Å². The number of aryl methyl sites for hydroxylation is 1. The number of esters is 1. The van der Waals surface area contributed by atoms with Crippen molar-refractivity contribution in [1.29, 1.82) is 0 Å². The van der Waals surface area contributed by atoms with Gasteiger partial charge in [0.25, 0.3) is 0 Å². The number of aliphatic hydroxyl groups is 1. The van der Waals surface area contributed by atoms with Gasteiger partial charge in [-0.2, -0.15) is 4.80 Å². The third-order valence-corrected chi connectivity index (χ3v) is 13.0. The topological polar surface area (TPSA) is 185 Å². The van der Waals surface area contributed by atoms with Gasteiger partial charge in [0.1, 0.15) is 23.9 Å². The molecule has 312 valence electrons. The van der Waals surface area contributed by atoms with Crippen molar-refractivity contribution in [2.45, 2.75) is 142 Å². The number of carbonyl (C=O) groups excluding carboxylic acids is 4. The highest BCUT2D eigenvalue weighted by atomic mass is 32.1. The smallest absolute Gasteiger partial charge is 0.410 e. The fourth-order valence-electron chi connectivity index (χ4n) is 8.93. The van der Waals surface area contributed by atoms with Gasteiger partial charge in [0.05, 0.1) is 35.3 Å². The van der Waals surface area contributed by atoms with Gasteiger partial charge in [-0.3, -0.25) is 14.4 Å². The lowest BCUT2D eigenvalue weighted by atomic mass is 9.73. The third-order valence-electron chi connectivity index (χ3n) is 12.1. The molecule has 3 aliphatic rings. The number of Topliss-reactive ketones (excluding diaryl/α,β-unsaturated/α-hetero) is 2. The number of ether oxygens (including phenoxy) is 5. The first-order valence-electron chi connectivity index (χ1n) is 19.7. The molecule has 3 saturated heterocycles. The second kappa shape index (κ2) is 17.6. The predicted octanol–water partition coefficient (Wildman–Crippen LogP) is 4.00. The molecule has 5 rings (SSSR count). The first kappa shape index (κ1) is 43.8. The van der Waals surface area contributed by atoms with E-state index >= 15 is 0 Å². The van der Waals surface area contributed by atoms with Crippen LogP contribution in [0.25, 0.3) is 10.7 Å². The van der Waals surface area contributed by atoms with E-state index in [1.807, 2.05) is 43.4 Å². The molecule has 3 fully saturated rings. The van der Waals surface area contributed by atoms with Crippen LogP contribution >= 0.6 is 11.3 Å². The summed E-state index contributed by atoms with van der Waals surface area (Å²) >= 11 is 1.51. The molecule has 0 spiro atoms. The van der Waals surface area contributed by atoms with Crippen molar-refractivity contribution in [1.82, 2.24) is 30.0 Å². The zero-order valence-electron chi connectivity index (χ0n) is 34.5. The second-order valence-electron chi connectivity index (χ2n) is 16.4. The van der Waals surface area contributed by atoms with Gasteiger partial charge in [0.15, 0.2) is 17.7 Å².